The number of nitrogens with two attached hydrogens (primary N) is 1. The van der Waals surface area contributed by atoms with Gasteiger partial charge in [-0.05, 0) is 44.2 Å². The Balaban J connectivity index is 1.85. The Hall–Kier alpha value is -1.75. The minimum absolute atomic E-state index is 0.310. The second-order valence-electron chi connectivity index (χ2n) is 5.92. The lowest BCUT2D eigenvalue weighted by atomic mass is 9.98. The Kier molecular flexibility index (Phi) is 7.20. The van der Waals surface area contributed by atoms with Crippen molar-refractivity contribution in [2.45, 2.75) is 45.1 Å². The smallest absolute Gasteiger partial charge is 0.193 e. The van der Waals surface area contributed by atoms with Crippen molar-refractivity contribution >= 4 is 11.6 Å². The minimum Gasteiger partial charge on any atom is -0.495 e. The number of ether oxygens (including phenoxy) is 2. The van der Waals surface area contributed by atoms with E-state index in [0.717, 1.165) is 24.5 Å². The fourth-order valence-corrected chi connectivity index (χ4v) is 3.24. The van der Waals surface area contributed by atoms with Gasteiger partial charge >= 0.3 is 0 Å². The standard InChI is InChI=1S/C18H29N3O2/c1-3-23-16(14-8-4-5-9-14)12-13-20-18(19)21-15-10-6-7-11-17(15)22-2/h6-7,10-11,14,16H,3-5,8-9,12-13H2,1-2H3,(H3,19,20,21). The highest BCUT2D eigenvalue weighted by molar-refractivity contribution is 5.93. The molecule has 0 aromatic heterocycles. The van der Waals surface area contributed by atoms with Crippen LogP contribution in [0.3, 0.4) is 0 Å². The molecule has 0 heterocycles. The van der Waals surface area contributed by atoms with Crippen LogP contribution in [0.4, 0.5) is 5.69 Å². The van der Waals surface area contributed by atoms with Gasteiger partial charge in [0.2, 0.25) is 0 Å². The predicted octanol–water partition coefficient (Wildman–Crippen LogP) is 3.41. The molecule has 23 heavy (non-hydrogen) atoms. The predicted molar refractivity (Wildman–Crippen MR) is 95.1 cm³/mol. The molecular formula is C18H29N3O2. The van der Waals surface area contributed by atoms with Crippen LogP contribution in [0, 0.1) is 5.92 Å². The second-order valence-corrected chi connectivity index (χ2v) is 5.92. The van der Waals surface area contributed by atoms with Gasteiger partial charge in [0.25, 0.3) is 0 Å². The molecule has 0 spiro atoms. The minimum atomic E-state index is 0.310. The molecule has 0 radical (unpaired) electrons. The number of benzene rings is 1. The molecule has 1 aliphatic rings. The van der Waals surface area contributed by atoms with Crippen LogP contribution in [0.5, 0.6) is 5.75 Å². The lowest BCUT2D eigenvalue weighted by Gasteiger charge is -2.22. The maximum atomic E-state index is 5.99. The highest BCUT2D eigenvalue weighted by Crippen LogP contribution is 2.30. The molecule has 1 fully saturated rings. The zero-order valence-corrected chi connectivity index (χ0v) is 14.3. The summed E-state index contributed by atoms with van der Waals surface area (Å²) in [6, 6.07) is 7.67. The first-order valence-electron chi connectivity index (χ1n) is 8.56. The van der Waals surface area contributed by atoms with Gasteiger partial charge in [0.1, 0.15) is 5.75 Å². The molecule has 0 aliphatic heterocycles. The summed E-state index contributed by atoms with van der Waals surface area (Å²) < 4.78 is 11.2. The van der Waals surface area contributed by atoms with Crippen molar-refractivity contribution in [2.75, 3.05) is 25.6 Å². The molecule has 128 valence electrons. The number of nitrogens with zero attached hydrogens (tertiary/aromatic N) is 1. The van der Waals surface area contributed by atoms with E-state index < -0.39 is 0 Å². The lowest BCUT2D eigenvalue weighted by Crippen LogP contribution is -2.26. The van der Waals surface area contributed by atoms with E-state index in [1.165, 1.54) is 25.7 Å². The van der Waals surface area contributed by atoms with Crippen molar-refractivity contribution in [3.05, 3.63) is 24.3 Å². The molecule has 1 atom stereocenters. The monoisotopic (exact) mass is 319 g/mol. The third kappa shape index (κ3) is 5.43. The molecule has 1 saturated carbocycles. The molecule has 2 rings (SSSR count). The molecule has 1 aromatic carbocycles. The fourth-order valence-electron chi connectivity index (χ4n) is 3.24. The van der Waals surface area contributed by atoms with Gasteiger partial charge in [0.15, 0.2) is 5.96 Å². The molecule has 3 N–H and O–H groups in total. The number of anilines is 1. The van der Waals surface area contributed by atoms with Crippen LogP contribution < -0.4 is 15.8 Å². The normalized spacial score (nSPS) is 17.2. The first-order chi connectivity index (χ1) is 11.2. The molecular weight excluding hydrogens is 290 g/mol. The lowest BCUT2D eigenvalue weighted by molar-refractivity contribution is 0.0178. The van der Waals surface area contributed by atoms with Crippen molar-refractivity contribution in [3.63, 3.8) is 0 Å². The Labute approximate surface area is 139 Å². The number of rotatable bonds is 8. The van der Waals surface area contributed by atoms with Crippen LogP contribution in [0.25, 0.3) is 0 Å². The number of hydrogen-bond donors (Lipinski definition) is 2. The van der Waals surface area contributed by atoms with Crippen molar-refractivity contribution in [1.29, 1.82) is 0 Å². The molecule has 0 saturated heterocycles. The number of nitrogens with one attached hydrogen (secondary N) is 1. The van der Waals surface area contributed by atoms with Crippen molar-refractivity contribution in [2.24, 2.45) is 16.6 Å². The van der Waals surface area contributed by atoms with Crippen molar-refractivity contribution in [1.82, 2.24) is 0 Å². The maximum absolute atomic E-state index is 5.99. The van der Waals surface area contributed by atoms with E-state index in [-0.39, 0.29) is 0 Å². The SMILES string of the molecule is CCOC(CCN=C(N)Nc1ccccc1OC)C1CCCC1. The van der Waals surface area contributed by atoms with E-state index in [4.69, 9.17) is 15.2 Å². The average Bonchev–Trinajstić information content (AvgIpc) is 3.09. The molecule has 0 amide bonds. The quantitative estimate of drug-likeness (QED) is 0.569. The van der Waals surface area contributed by atoms with E-state index in [0.29, 0.717) is 24.5 Å². The van der Waals surface area contributed by atoms with Gasteiger partial charge in [0.05, 0.1) is 18.9 Å². The average molecular weight is 319 g/mol. The maximum Gasteiger partial charge on any atom is 0.193 e. The first kappa shape index (κ1) is 17.6. The summed E-state index contributed by atoms with van der Waals surface area (Å²) in [5.41, 5.74) is 6.81. The van der Waals surface area contributed by atoms with Crippen LogP contribution in [0.15, 0.2) is 29.3 Å². The van der Waals surface area contributed by atoms with Crippen LogP contribution in [-0.2, 0) is 4.74 Å². The first-order valence-corrected chi connectivity index (χ1v) is 8.56. The zero-order chi connectivity index (χ0) is 16.5. The van der Waals surface area contributed by atoms with Crippen LogP contribution in [0.2, 0.25) is 0 Å². The Morgan fingerprint density at radius 2 is 2.09 bits per heavy atom. The van der Waals surface area contributed by atoms with Gasteiger partial charge in [-0.25, -0.2) is 0 Å². The fraction of sp³-hybridized carbons (Fsp3) is 0.611. The van der Waals surface area contributed by atoms with Gasteiger partial charge < -0.3 is 20.5 Å². The Morgan fingerprint density at radius 1 is 1.35 bits per heavy atom. The highest BCUT2D eigenvalue weighted by Gasteiger charge is 2.24. The molecule has 1 aliphatic carbocycles. The highest BCUT2D eigenvalue weighted by atomic mass is 16.5. The third-order valence-corrected chi connectivity index (χ3v) is 4.37. The molecule has 0 bridgehead atoms. The van der Waals surface area contributed by atoms with E-state index in [1.807, 2.05) is 24.3 Å². The number of guanidine groups is 1. The van der Waals surface area contributed by atoms with Gasteiger partial charge in [-0.15, -0.1) is 0 Å². The molecule has 5 nitrogen and oxygen atoms in total. The number of hydrogen-bond acceptors (Lipinski definition) is 3. The van der Waals surface area contributed by atoms with Crippen LogP contribution >= 0.6 is 0 Å². The van der Waals surface area contributed by atoms with E-state index >= 15 is 0 Å². The summed E-state index contributed by atoms with van der Waals surface area (Å²) in [5, 5.41) is 3.10. The summed E-state index contributed by atoms with van der Waals surface area (Å²) in [7, 11) is 1.64. The third-order valence-electron chi connectivity index (χ3n) is 4.37. The Bertz CT molecular complexity index is 499. The summed E-state index contributed by atoms with van der Waals surface area (Å²) in [6.45, 7) is 3.50. The van der Waals surface area contributed by atoms with Gasteiger partial charge in [0, 0.05) is 13.2 Å². The molecule has 5 heteroatoms. The van der Waals surface area contributed by atoms with Gasteiger partial charge in [-0.2, -0.15) is 0 Å². The van der Waals surface area contributed by atoms with Crippen LogP contribution in [-0.4, -0.2) is 32.3 Å². The van der Waals surface area contributed by atoms with E-state index in [9.17, 15) is 0 Å². The number of para-hydroxylation sites is 2. The van der Waals surface area contributed by atoms with Crippen LogP contribution in [0.1, 0.15) is 39.0 Å². The largest absolute Gasteiger partial charge is 0.495 e. The van der Waals surface area contributed by atoms with Crippen molar-refractivity contribution < 1.29 is 9.47 Å². The van der Waals surface area contributed by atoms with Gasteiger partial charge in [-0.3, -0.25) is 4.99 Å². The summed E-state index contributed by atoms with van der Waals surface area (Å²) >= 11 is 0. The van der Waals surface area contributed by atoms with E-state index in [2.05, 4.69) is 17.2 Å². The van der Waals surface area contributed by atoms with Crippen molar-refractivity contribution in [3.8, 4) is 5.75 Å². The zero-order valence-electron chi connectivity index (χ0n) is 14.3. The number of aliphatic imine (C=N–C) groups is 1. The molecule has 1 aromatic rings. The summed E-state index contributed by atoms with van der Waals surface area (Å²) in [6.07, 6.45) is 6.45. The summed E-state index contributed by atoms with van der Waals surface area (Å²) in [4.78, 5) is 4.44. The summed E-state index contributed by atoms with van der Waals surface area (Å²) in [5.74, 6) is 1.86. The second kappa shape index (κ2) is 9.40. The van der Waals surface area contributed by atoms with E-state index in [1.54, 1.807) is 7.11 Å². The topological polar surface area (TPSA) is 68.9 Å². The number of methoxy groups -OCH3 is 1. The van der Waals surface area contributed by atoms with Gasteiger partial charge in [-0.1, -0.05) is 25.0 Å². The molecule has 1 unspecified atom stereocenters. The Morgan fingerprint density at radius 3 is 2.78 bits per heavy atom.